The molecular formula is C15H19ClO3. The van der Waals surface area contributed by atoms with Crippen LogP contribution in [0.2, 0.25) is 5.02 Å². The van der Waals surface area contributed by atoms with Crippen LogP contribution in [0.15, 0.2) is 18.2 Å². The van der Waals surface area contributed by atoms with Crippen molar-refractivity contribution in [1.29, 1.82) is 0 Å². The van der Waals surface area contributed by atoms with Gasteiger partial charge in [0, 0.05) is 6.42 Å². The second-order valence-corrected chi connectivity index (χ2v) is 5.76. The van der Waals surface area contributed by atoms with E-state index in [1.165, 1.54) is 0 Å². The first-order valence-electron chi connectivity index (χ1n) is 6.89. The van der Waals surface area contributed by atoms with E-state index in [2.05, 4.69) is 13.0 Å². The predicted octanol–water partition coefficient (Wildman–Crippen LogP) is 3.23. The van der Waals surface area contributed by atoms with E-state index in [4.69, 9.17) is 25.8 Å². The molecule has 1 aromatic carbocycles. The van der Waals surface area contributed by atoms with Gasteiger partial charge in [0.05, 0.1) is 36.5 Å². The third-order valence-electron chi connectivity index (χ3n) is 3.52. The fraction of sp³-hybridized carbons (Fsp3) is 0.600. The normalized spacial score (nSPS) is 26.0. The van der Waals surface area contributed by atoms with Crippen molar-refractivity contribution in [1.82, 2.24) is 0 Å². The molecule has 19 heavy (non-hydrogen) atoms. The Balaban J connectivity index is 1.63. The maximum absolute atomic E-state index is 6.26. The highest BCUT2D eigenvalue weighted by Gasteiger charge is 2.26. The number of halogens is 1. The number of hydrogen-bond acceptors (Lipinski definition) is 3. The van der Waals surface area contributed by atoms with E-state index >= 15 is 0 Å². The van der Waals surface area contributed by atoms with E-state index in [0.29, 0.717) is 17.2 Å². The Morgan fingerprint density at radius 2 is 2.05 bits per heavy atom. The zero-order valence-corrected chi connectivity index (χ0v) is 11.9. The van der Waals surface area contributed by atoms with E-state index in [0.717, 1.165) is 43.8 Å². The Hall–Kier alpha value is -0.770. The molecule has 104 valence electrons. The van der Waals surface area contributed by atoms with Crippen molar-refractivity contribution in [3.05, 3.63) is 28.8 Å². The minimum atomic E-state index is 0.156. The van der Waals surface area contributed by atoms with Gasteiger partial charge in [-0.3, -0.25) is 0 Å². The van der Waals surface area contributed by atoms with Crippen molar-refractivity contribution in [2.24, 2.45) is 0 Å². The van der Waals surface area contributed by atoms with Crippen molar-refractivity contribution in [3.63, 3.8) is 0 Å². The van der Waals surface area contributed by atoms with Crippen molar-refractivity contribution in [3.8, 4) is 5.75 Å². The van der Waals surface area contributed by atoms with Crippen LogP contribution in [0.4, 0.5) is 0 Å². The van der Waals surface area contributed by atoms with E-state index in [1.807, 2.05) is 12.1 Å². The summed E-state index contributed by atoms with van der Waals surface area (Å²) in [5.74, 6) is 0.823. The second-order valence-electron chi connectivity index (χ2n) is 5.35. The van der Waals surface area contributed by atoms with Crippen LogP contribution in [-0.2, 0) is 15.9 Å². The highest BCUT2D eigenvalue weighted by Crippen LogP contribution is 2.33. The lowest BCUT2D eigenvalue weighted by Gasteiger charge is -2.18. The fourth-order valence-electron chi connectivity index (χ4n) is 2.19. The minimum absolute atomic E-state index is 0.156. The lowest BCUT2D eigenvalue weighted by atomic mass is 10.1. The maximum Gasteiger partial charge on any atom is 0.141 e. The van der Waals surface area contributed by atoms with Crippen LogP contribution in [0.1, 0.15) is 25.3 Å². The van der Waals surface area contributed by atoms with E-state index in [-0.39, 0.29) is 6.10 Å². The largest absolute Gasteiger partial charge is 0.489 e. The number of ether oxygens (including phenoxy) is 3. The average molecular weight is 283 g/mol. The Kier molecular flexibility index (Phi) is 3.96. The van der Waals surface area contributed by atoms with E-state index in [9.17, 15) is 0 Å². The smallest absolute Gasteiger partial charge is 0.141 e. The Morgan fingerprint density at radius 3 is 2.74 bits per heavy atom. The van der Waals surface area contributed by atoms with Gasteiger partial charge in [-0.1, -0.05) is 23.7 Å². The molecule has 0 amide bonds. The van der Waals surface area contributed by atoms with Gasteiger partial charge in [0.25, 0.3) is 0 Å². The van der Waals surface area contributed by atoms with Crippen molar-refractivity contribution in [2.75, 3.05) is 13.2 Å². The fourth-order valence-corrected chi connectivity index (χ4v) is 2.43. The quantitative estimate of drug-likeness (QED) is 0.720. The van der Waals surface area contributed by atoms with Gasteiger partial charge in [-0.05, 0) is 31.4 Å². The number of para-hydroxylation sites is 1. The monoisotopic (exact) mass is 282 g/mol. The third-order valence-corrected chi connectivity index (χ3v) is 3.81. The lowest BCUT2D eigenvalue weighted by Crippen LogP contribution is -2.14. The molecule has 1 aromatic rings. The molecule has 4 heteroatoms. The van der Waals surface area contributed by atoms with Gasteiger partial charge in [-0.2, -0.15) is 0 Å². The molecule has 2 aliphatic rings. The highest BCUT2D eigenvalue weighted by molar-refractivity contribution is 6.32. The number of rotatable bonds is 7. The Labute approximate surface area is 118 Å². The molecule has 3 rings (SSSR count). The summed E-state index contributed by atoms with van der Waals surface area (Å²) in [5, 5.41) is 0.688. The Bertz CT molecular complexity index is 441. The molecular weight excluding hydrogens is 264 g/mol. The first kappa shape index (κ1) is 13.2. The van der Waals surface area contributed by atoms with Gasteiger partial charge in [0.15, 0.2) is 0 Å². The van der Waals surface area contributed by atoms with Gasteiger partial charge in [-0.25, -0.2) is 0 Å². The van der Waals surface area contributed by atoms with Crippen LogP contribution in [0.5, 0.6) is 5.75 Å². The summed E-state index contributed by atoms with van der Waals surface area (Å²) in [6.45, 7) is 3.84. The molecule has 3 unspecified atom stereocenters. The Morgan fingerprint density at radius 1 is 1.32 bits per heavy atom. The molecule has 0 aliphatic carbocycles. The summed E-state index contributed by atoms with van der Waals surface area (Å²) in [6.07, 6.45) is 3.90. The lowest BCUT2D eigenvalue weighted by molar-refractivity contribution is 0.200. The van der Waals surface area contributed by atoms with Crippen molar-refractivity contribution in [2.45, 2.75) is 44.5 Å². The molecule has 2 fully saturated rings. The molecule has 2 saturated heterocycles. The van der Waals surface area contributed by atoms with Crippen LogP contribution >= 0.6 is 11.6 Å². The molecule has 0 bridgehead atoms. The summed E-state index contributed by atoms with van der Waals surface area (Å²) in [4.78, 5) is 0. The summed E-state index contributed by atoms with van der Waals surface area (Å²) in [7, 11) is 0. The van der Waals surface area contributed by atoms with Gasteiger partial charge in [0.1, 0.15) is 5.75 Å². The molecule has 0 aromatic heterocycles. The standard InChI is InChI=1S/C15H19ClO3/c1-10(5-6-12-8-17-12)19-15-11(7-13-9-18-13)3-2-4-14(15)16/h2-4,10,12-13H,5-9H2,1H3. The molecule has 3 nitrogen and oxygen atoms in total. The van der Waals surface area contributed by atoms with Crippen LogP contribution in [0.25, 0.3) is 0 Å². The predicted molar refractivity (Wildman–Crippen MR) is 74.0 cm³/mol. The number of hydrogen-bond donors (Lipinski definition) is 0. The SMILES string of the molecule is CC(CCC1CO1)Oc1c(Cl)cccc1CC1CO1. The van der Waals surface area contributed by atoms with Gasteiger partial charge in [-0.15, -0.1) is 0 Å². The average Bonchev–Trinajstić information content (AvgIpc) is 3.25. The van der Waals surface area contributed by atoms with Crippen molar-refractivity contribution >= 4 is 11.6 Å². The van der Waals surface area contributed by atoms with Gasteiger partial charge >= 0.3 is 0 Å². The molecule has 0 N–H and O–H groups in total. The molecule has 0 spiro atoms. The van der Waals surface area contributed by atoms with Gasteiger partial charge < -0.3 is 14.2 Å². The number of epoxide rings is 2. The maximum atomic E-state index is 6.26. The van der Waals surface area contributed by atoms with E-state index in [1.54, 1.807) is 0 Å². The van der Waals surface area contributed by atoms with Gasteiger partial charge in [0.2, 0.25) is 0 Å². The van der Waals surface area contributed by atoms with E-state index < -0.39 is 0 Å². The summed E-state index contributed by atoms with van der Waals surface area (Å²) in [5.41, 5.74) is 1.14. The van der Waals surface area contributed by atoms with Crippen LogP contribution in [-0.4, -0.2) is 31.5 Å². The highest BCUT2D eigenvalue weighted by atomic mass is 35.5. The summed E-state index contributed by atoms with van der Waals surface area (Å²) < 4.78 is 16.5. The minimum Gasteiger partial charge on any atom is -0.489 e. The van der Waals surface area contributed by atoms with Crippen molar-refractivity contribution < 1.29 is 14.2 Å². The third kappa shape index (κ3) is 3.85. The molecule has 2 heterocycles. The number of benzene rings is 1. The second kappa shape index (κ2) is 5.70. The molecule has 2 aliphatic heterocycles. The zero-order valence-electron chi connectivity index (χ0n) is 11.1. The first-order chi connectivity index (χ1) is 9.22. The summed E-state index contributed by atoms with van der Waals surface area (Å²) >= 11 is 6.26. The molecule has 0 saturated carbocycles. The topological polar surface area (TPSA) is 34.3 Å². The van der Waals surface area contributed by atoms with Crippen LogP contribution in [0.3, 0.4) is 0 Å². The van der Waals surface area contributed by atoms with Crippen LogP contribution < -0.4 is 4.74 Å². The first-order valence-corrected chi connectivity index (χ1v) is 7.27. The summed E-state index contributed by atoms with van der Waals surface area (Å²) in [6, 6.07) is 5.92. The molecule has 0 radical (unpaired) electrons. The van der Waals surface area contributed by atoms with Crippen LogP contribution in [0, 0.1) is 0 Å². The molecule has 3 atom stereocenters. The zero-order chi connectivity index (χ0) is 13.2.